The van der Waals surface area contributed by atoms with E-state index in [4.69, 9.17) is 9.93 Å². The predicted octanol–water partition coefficient (Wildman–Crippen LogP) is 6.32. The Hall–Kier alpha value is -2.83. The van der Waals surface area contributed by atoms with Gasteiger partial charge in [0.1, 0.15) is 5.82 Å². The maximum atomic E-state index is 13.1. The van der Waals surface area contributed by atoms with Crippen molar-refractivity contribution in [1.82, 2.24) is 14.7 Å². The van der Waals surface area contributed by atoms with Crippen LogP contribution in [-0.4, -0.2) is 20.4 Å². The van der Waals surface area contributed by atoms with Gasteiger partial charge in [0, 0.05) is 35.2 Å². The number of benzene rings is 1. The maximum Gasteiger partial charge on any atom is 0.257 e. The summed E-state index contributed by atoms with van der Waals surface area (Å²) in [6.45, 7) is 8.98. The molecule has 7 heteroatoms. The first-order valence-corrected chi connectivity index (χ1v) is 12.1. The van der Waals surface area contributed by atoms with Gasteiger partial charge < -0.3 is 9.93 Å². The first-order chi connectivity index (χ1) is 15.9. The highest BCUT2D eigenvalue weighted by atomic mass is 19.1. The summed E-state index contributed by atoms with van der Waals surface area (Å²) < 4.78 is 19.9. The molecule has 1 N–H and O–H groups in total. The molecule has 0 atom stereocenters. The predicted molar refractivity (Wildman–Crippen MR) is 130 cm³/mol. The van der Waals surface area contributed by atoms with E-state index >= 15 is 0 Å². The number of rotatable bonds is 7. The zero-order valence-corrected chi connectivity index (χ0v) is 20.2. The lowest BCUT2D eigenvalue weighted by Crippen LogP contribution is -2.34. The van der Waals surface area contributed by atoms with Crippen molar-refractivity contribution in [1.29, 1.82) is 5.41 Å². The number of fused-ring (bicyclic) bond motifs is 2. The van der Waals surface area contributed by atoms with Crippen LogP contribution in [0.2, 0.25) is 0 Å². The topological polar surface area (TPSA) is 84.8 Å². The third kappa shape index (κ3) is 5.57. The standard InChI is InChI=1S/C14H18FNO.C12H17N3O/c1-3-5-10(6-4-2)14-12-8-7-11(15)9-13(12)17-16-14;1-3-5-9-8(2)14-11-10(13)6-4-7-15(11)12(9)16/h7-10H,3-6H2,1-2H3;13H,3-7H2,1-2H3. The smallest absolute Gasteiger partial charge is 0.257 e. The summed E-state index contributed by atoms with van der Waals surface area (Å²) in [5.41, 5.74) is 3.72. The minimum absolute atomic E-state index is 0.0637. The molecule has 3 aromatic rings. The van der Waals surface area contributed by atoms with Gasteiger partial charge in [-0.1, -0.05) is 45.2 Å². The van der Waals surface area contributed by atoms with E-state index in [1.54, 1.807) is 10.6 Å². The molecular formula is C26H35FN4O2. The fourth-order valence-corrected chi connectivity index (χ4v) is 4.54. The zero-order chi connectivity index (χ0) is 24.0. The second kappa shape index (κ2) is 11.3. The highest BCUT2D eigenvalue weighted by molar-refractivity contribution is 5.95. The normalized spacial score (nSPS) is 13.2. The molecule has 0 saturated heterocycles. The summed E-state index contributed by atoms with van der Waals surface area (Å²) in [6, 6.07) is 4.65. The zero-order valence-electron chi connectivity index (χ0n) is 20.2. The molecular weight excluding hydrogens is 419 g/mol. The third-order valence-electron chi connectivity index (χ3n) is 6.17. The van der Waals surface area contributed by atoms with Gasteiger partial charge >= 0.3 is 0 Å². The molecule has 1 aromatic carbocycles. The Balaban J connectivity index is 0.000000186. The van der Waals surface area contributed by atoms with Crippen LogP contribution in [0.3, 0.4) is 0 Å². The van der Waals surface area contributed by atoms with Crippen molar-refractivity contribution < 1.29 is 8.91 Å². The average molecular weight is 455 g/mol. The average Bonchev–Trinajstić information content (AvgIpc) is 3.20. The van der Waals surface area contributed by atoms with Gasteiger partial charge in [-0.15, -0.1) is 0 Å². The lowest BCUT2D eigenvalue weighted by atomic mass is 9.93. The summed E-state index contributed by atoms with van der Waals surface area (Å²) in [6.07, 6.45) is 7.81. The number of hydrogen-bond acceptors (Lipinski definition) is 5. The minimum Gasteiger partial charge on any atom is -0.356 e. The van der Waals surface area contributed by atoms with Gasteiger partial charge in [-0.25, -0.2) is 9.37 Å². The second-order valence-corrected chi connectivity index (χ2v) is 8.77. The van der Waals surface area contributed by atoms with Crippen LogP contribution in [0.15, 0.2) is 27.5 Å². The van der Waals surface area contributed by atoms with Gasteiger partial charge in [0.05, 0.1) is 11.4 Å². The Kier molecular flexibility index (Phi) is 8.53. The Morgan fingerprint density at radius 2 is 1.91 bits per heavy atom. The Bertz CT molecular complexity index is 1160. The van der Waals surface area contributed by atoms with Gasteiger partial charge in [-0.2, -0.15) is 0 Å². The molecule has 178 valence electrons. The molecule has 0 saturated carbocycles. The van der Waals surface area contributed by atoms with Crippen LogP contribution >= 0.6 is 0 Å². The van der Waals surface area contributed by atoms with E-state index in [-0.39, 0.29) is 11.4 Å². The molecule has 0 fully saturated rings. The molecule has 0 spiro atoms. The Morgan fingerprint density at radius 1 is 1.18 bits per heavy atom. The summed E-state index contributed by atoms with van der Waals surface area (Å²) in [4.78, 5) is 16.6. The molecule has 0 radical (unpaired) electrons. The molecule has 6 nitrogen and oxygen atoms in total. The van der Waals surface area contributed by atoms with Crippen LogP contribution in [0.25, 0.3) is 11.0 Å². The summed E-state index contributed by atoms with van der Waals surface area (Å²) >= 11 is 0. The lowest BCUT2D eigenvalue weighted by Gasteiger charge is -2.20. The van der Waals surface area contributed by atoms with Crippen LogP contribution in [0, 0.1) is 18.2 Å². The number of nitrogens with one attached hydrogen (secondary N) is 1. The van der Waals surface area contributed by atoms with Gasteiger partial charge in [0.2, 0.25) is 0 Å². The first kappa shape index (κ1) is 24.8. The van der Waals surface area contributed by atoms with Crippen molar-refractivity contribution in [2.24, 2.45) is 0 Å². The van der Waals surface area contributed by atoms with Gasteiger partial charge in [-0.05, 0) is 51.2 Å². The van der Waals surface area contributed by atoms with E-state index in [2.05, 4.69) is 30.9 Å². The van der Waals surface area contributed by atoms with E-state index in [1.807, 2.05) is 6.92 Å². The molecule has 1 aliphatic heterocycles. The van der Waals surface area contributed by atoms with Crippen LogP contribution in [0.1, 0.15) is 94.4 Å². The summed E-state index contributed by atoms with van der Waals surface area (Å²) in [5, 5.41) is 12.9. The van der Waals surface area contributed by atoms with E-state index in [9.17, 15) is 9.18 Å². The fraction of sp³-hybridized carbons (Fsp3) is 0.538. The number of halogens is 1. The number of aryl methyl sites for hydroxylation is 1. The van der Waals surface area contributed by atoms with Crippen LogP contribution in [-0.2, 0) is 13.0 Å². The van der Waals surface area contributed by atoms with Crippen molar-refractivity contribution in [3.05, 3.63) is 57.1 Å². The maximum absolute atomic E-state index is 13.1. The Morgan fingerprint density at radius 3 is 2.58 bits per heavy atom. The highest BCUT2D eigenvalue weighted by Crippen LogP contribution is 2.31. The number of nitrogens with zero attached hydrogens (tertiary/aromatic N) is 3. The number of aromatic nitrogens is 3. The lowest BCUT2D eigenvalue weighted by molar-refractivity contribution is 0.424. The molecule has 3 heterocycles. The molecule has 33 heavy (non-hydrogen) atoms. The van der Waals surface area contributed by atoms with Gasteiger partial charge in [0.25, 0.3) is 5.56 Å². The molecule has 1 aliphatic rings. The van der Waals surface area contributed by atoms with Crippen molar-refractivity contribution >= 4 is 16.7 Å². The first-order valence-electron chi connectivity index (χ1n) is 12.1. The summed E-state index contributed by atoms with van der Waals surface area (Å²) in [7, 11) is 0. The molecule has 0 bridgehead atoms. The van der Waals surface area contributed by atoms with E-state index in [0.29, 0.717) is 29.6 Å². The van der Waals surface area contributed by atoms with Crippen molar-refractivity contribution in [3.63, 3.8) is 0 Å². The monoisotopic (exact) mass is 454 g/mol. The SMILES string of the molecule is CCCC(CCC)c1noc2cc(F)ccc12.CCCc1c(C)nc2n(c1=O)CCCC2=N. The number of hydrogen-bond donors (Lipinski definition) is 1. The molecule has 0 amide bonds. The summed E-state index contributed by atoms with van der Waals surface area (Å²) in [5.74, 6) is 0.730. The van der Waals surface area contributed by atoms with E-state index in [0.717, 1.165) is 73.7 Å². The van der Waals surface area contributed by atoms with Crippen LogP contribution < -0.4 is 5.56 Å². The third-order valence-corrected chi connectivity index (χ3v) is 6.17. The van der Waals surface area contributed by atoms with Crippen molar-refractivity contribution in [2.75, 3.05) is 0 Å². The minimum atomic E-state index is -0.275. The van der Waals surface area contributed by atoms with Gasteiger partial charge in [-0.3, -0.25) is 9.36 Å². The molecule has 4 rings (SSSR count). The van der Waals surface area contributed by atoms with E-state index < -0.39 is 0 Å². The van der Waals surface area contributed by atoms with E-state index in [1.165, 1.54) is 12.1 Å². The fourth-order valence-electron chi connectivity index (χ4n) is 4.54. The molecule has 2 aromatic heterocycles. The molecule has 0 aliphatic carbocycles. The van der Waals surface area contributed by atoms with Gasteiger partial charge in [0.15, 0.2) is 11.4 Å². The second-order valence-electron chi connectivity index (χ2n) is 8.77. The Labute approximate surface area is 194 Å². The van der Waals surface area contributed by atoms with Crippen LogP contribution in [0.4, 0.5) is 4.39 Å². The highest BCUT2D eigenvalue weighted by Gasteiger charge is 2.20. The van der Waals surface area contributed by atoms with Crippen molar-refractivity contribution in [2.45, 2.75) is 91.5 Å². The quantitative estimate of drug-likeness (QED) is 0.453. The largest absolute Gasteiger partial charge is 0.356 e. The van der Waals surface area contributed by atoms with Crippen LogP contribution in [0.5, 0.6) is 0 Å². The van der Waals surface area contributed by atoms with Crippen molar-refractivity contribution in [3.8, 4) is 0 Å². The molecule has 0 unspecified atom stereocenters.